The number of carbonyl (C=O) groups is 2. The van der Waals surface area contributed by atoms with Gasteiger partial charge in [-0.3, -0.25) is 0 Å². The zero-order chi connectivity index (χ0) is 26.5. The molecule has 1 atom stereocenters. The lowest BCUT2D eigenvalue weighted by atomic mass is 9.90. The molecule has 1 aromatic heterocycles. The summed E-state index contributed by atoms with van der Waals surface area (Å²) >= 11 is 0. The molecule has 5 rings (SSSR count). The third-order valence-electron chi connectivity index (χ3n) is 6.87. The monoisotopic (exact) mass is 511 g/mol. The Kier molecular flexibility index (Phi) is 7.54. The predicted octanol–water partition coefficient (Wildman–Crippen LogP) is 5.42. The molecule has 1 heterocycles. The van der Waals surface area contributed by atoms with Gasteiger partial charge in [0.15, 0.2) is 0 Å². The van der Waals surface area contributed by atoms with Gasteiger partial charge in [-0.05, 0) is 61.4 Å². The molecule has 0 saturated heterocycles. The molecule has 4 aromatic rings. The van der Waals surface area contributed by atoms with Crippen LogP contribution in [0, 0.1) is 6.92 Å². The van der Waals surface area contributed by atoms with E-state index in [1.807, 2.05) is 66.7 Å². The van der Waals surface area contributed by atoms with E-state index in [1.165, 1.54) is 0 Å². The van der Waals surface area contributed by atoms with Crippen molar-refractivity contribution >= 4 is 23.0 Å². The standard InChI is InChI=1S/C31H29NO6/c1-20-27(17-16-24-23-14-8-9-15-25(23)29(33)38-28(20)24)37-30(34)26(18-21-10-4-2-5-11-21)32-31(35)36-19-22-12-6-3-7-13-22/h2-7,10-13,16-17,26H,8-9,14-15,18-19H2,1H3,(H,32,35). The van der Waals surface area contributed by atoms with Crippen LogP contribution in [-0.2, 0) is 35.4 Å². The van der Waals surface area contributed by atoms with Crippen LogP contribution in [0.25, 0.3) is 11.0 Å². The van der Waals surface area contributed by atoms with E-state index in [0.717, 1.165) is 53.3 Å². The Hall–Kier alpha value is -4.39. The molecular weight excluding hydrogens is 482 g/mol. The number of esters is 1. The Morgan fingerprint density at radius 1 is 0.895 bits per heavy atom. The highest BCUT2D eigenvalue weighted by atomic mass is 16.6. The van der Waals surface area contributed by atoms with E-state index < -0.39 is 18.1 Å². The average Bonchev–Trinajstić information content (AvgIpc) is 2.94. The lowest BCUT2D eigenvalue weighted by molar-refractivity contribution is -0.136. The number of aryl methyl sites for hydroxylation is 2. The maximum Gasteiger partial charge on any atom is 0.408 e. The summed E-state index contributed by atoms with van der Waals surface area (Å²) in [6.07, 6.45) is 3.03. The highest BCUT2D eigenvalue weighted by Gasteiger charge is 2.26. The second-order valence-electron chi connectivity index (χ2n) is 9.49. The Morgan fingerprint density at radius 3 is 2.26 bits per heavy atom. The zero-order valence-electron chi connectivity index (χ0n) is 21.2. The van der Waals surface area contributed by atoms with Gasteiger partial charge >= 0.3 is 17.7 Å². The molecule has 7 nitrogen and oxygen atoms in total. The smallest absolute Gasteiger partial charge is 0.408 e. The fourth-order valence-corrected chi connectivity index (χ4v) is 4.87. The van der Waals surface area contributed by atoms with Gasteiger partial charge in [-0.25, -0.2) is 14.4 Å². The van der Waals surface area contributed by atoms with Crippen molar-refractivity contribution in [1.82, 2.24) is 5.32 Å². The number of rotatable bonds is 7. The van der Waals surface area contributed by atoms with Gasteiger partial charge in [0.05, 0.1) is 0 Å². The van der Waals surface area contributed by atoms with Gasteiger partial charge in [0.1, 0.15) is 24.0 Å². The molecule has 1 aliphatic carbocycles. The van der Waals surface area contributed by atoms with Crippen molar-refractivity contribution in [2.24, 2.45) is 0 Å². The molecular formula is C31H29NO6. The summed E-state index contributed by atoms with van der Waals surface area (Å²) < 4.78 is 16.8. The number of ether oxygens (including phenoxy) is 2. The summed E-state index contributed by atoms with van der Waals surface area (Å²) in [5.41, 5.74) is 4.11. The number of hydrogen-bond acceptors (Lipinski definition) is 6. The van der Waals surface area contributed by atoms with Gasteiger partial charge in [0.2, 0.25) is 0 Å². The van der Waals surface area contributed by atoms with Gasteiger partial charge in [-0.1, -0.05) is 60.7 Å². The average molecular weight is 512 g/mol. The Labute approximate surface area is 220 Å². The molecule has 0 bridgehead atoms. The van der Waals surface area contributed by atoms with Crippen molar-refractivity contribution in [2.75, 3.05) is 0 Å². The number of carbonyl (C=O) groups excluding carboxylic acids is 2. The van der Waals surface area contributed by atoms with E-state index in [0.29, 0.717) is 11.1 Å². The largest absolute Gasteiger partial charge is 0.445 e. The van der Waals surface area contributed by atoms with Crippen molar-refractivity contribution in [3.8, 4) is 5.75 Å². The first-order valence-electron chi connectivity index (χ1n) is 12.8. The minimum Gasteiger partial charge on any atom is -0.445 e. The minimum atomic E-state index is -0.994. The topological polar surface area (TPSA) is 94.8 Å². The van der Waals surface area contributed by atoms with Crippen molar-refractivity contribution in [1.29, 1.82) is 0 Å². The van der Waals surface area contributed by atoms with Crippen LogP contribution in [0.5, 0.6) is 5.75 Å². The van der Waals surface area contributed by atoms with Crippen LogP contribution in [0.2, 0.25) is 0 Å². The second-order valence-corrected chi connectivity index (χ2v) is 9.49. The molecule has 0 spiro atoms. The zero-order valence-corrected chi connectivity index (χ0v) is 21.2. The summed E-state index contributed by atoms with van der Waals surface area (Å²) in [5.74, 6) is -0.368. The maximum atomic E-state index is 13.3. The summed E-state index contributed by atoms with van der Waals surface area (Å²) in [6, 6.07) is 21.2. The predicted molar refractivity (Wildman–Crippen MR) is 143 cm³/mol. The van der Waals surface area contributed by atoms with E-state index in [4.69, 9.17) is 13.9 Å². The fourth-order valence-electron chi connectivity index (χ4n) is 4.87. The molecule has 0 saturated carbocycles. The second kappa shape index (κ2) is 11.3. The fraction of sp³-hybridized carbons (Fsp3) is 0.258. The van der Waals surface area contributed by atoms with Crippen LogP contribution >= 0.6 is 0 Å². The van der Waals surface area contributed by atoms with Crippen molar-refractivity contribution in [2.45, 2.75) is 51.7 Å². The van der Waals surface area contributed by atoms with Crippen LogP contribution in [0.4, 0.5) is 4.79 Å². The lowest BCUT2D eigenvalue weighted by Gasteiger charge is -2.20. The first-order chi connectivity index (χ1) is 18.5. The molecule has 0 radical (unpaired) electrons. The van der Waals surface area contributed by atoms with Crippen molar-refractivity contribution < 1.29 is 23.5 Å². The highest BCUT2D eigenvalue weighted by Crippen LogP contribution is 2.32. The van der Waals surface area contributed by atoms with E-state index in [-0.39, 0.29) is 24.4 Å². The van der Waals surface area contributed by atoms with E-state index >= 15 is 0 Å². The molecule has 0 fully saturated rings. The summed E-state index contributed by atoms with van der Waals surface area (Å²) in [4.78, 5) is 38.6. The number of alkyl carbamates (subject to hydrolysis) is 1. The van der Waals surface area contributed by atoms with Crippen molar-refractivity contribution in [3.05, 3.63) is 111 Å². The third kappa shape index (κ3) is 5.62. The number of hydrogen-bond donors (Lipinski definition) is 1. The van der Waals surface area contributed by atoms with Crippen LogP contribution < -0.4 is 15.7 Å². The molecule has 1 aliphatic rings. The molecule has 1 unspecified atom stereocenters. The quantitative estimate of drug-likeness (QED) is 0.202. The lowest BCUT2D eigenvalue weighted by Crippen LogP contribution is -2.44. The first kappa shape index (κ1) is 25.3. The van der Waals surface area contributed by atoms with E-state index in [9.17, 15) is 14.4 Å². The third-order valence-corrected chi connectivity index (χ3v) is 6.87. The van der Waals surface area contributed by atoms with Gasteiger partial charge < -0.3 is 19.2 Å². The summed E-state index contributed by atoms with van der Waals surface area (Å²) in [6.45, 7) is 1.84. The highest BCUT2D eigenvalue weighted by molar-refractivity contribution is 5.88. The number of benzene rings is 3. The van der Waals surface area contributed by atoms with Crippen LogP contribution in [-0.4, -0.2) is 18.1 Å². The molecule has 7 heteroatoms. The summed E-state index contributed by atoms with van der Waals surface area (Å²) in [7, 11) is 0. The SMILES string of the molecule is Cc1c(OC(=O)C(Cc2ccccc2)NC(=O)OCc2ccccc2)ccc2c3c(c(=O)oc12)CCCC3. The molecule has 0 aliphatic heterocycles. The Balaban J connectivity index is 1.37. The minimum absolute atomic E-state index is 0.0763. The van der Waals surface area contributed by atoms with E-state index in [2.05, 4.69) is 5.32 Å². The van der Waals surface area contributed by atoms with Gasteiger partial charge in [0.25, 0.3) is 0 Å². The number of amides is 1. The van der Waals surface area contributed by atoms with Crippen LogP contribution in [0.1, 0.15) is 40.7 Å². The molecule has 3 aromatic carbocycles. The van der Waals surface area contributed by atoms with Crippen LogP contribution in [0.3, 0.4) is 0 Å². The molecule has 1 amide bonds. The Bertz CT molecular complexity index is 1510. The maximum absolute atomic E-state index is 13.3. The summed E-state index contributed by atoms with van der Waals surface area (Å²) in [5, 5.41) is 3.53. The Morgan fingerprint density at radius 2 is 1.55 bits per heavy atom. The molecule has 1 N–H and O–H groups in total. The van der Waals surface area contributed by atoms with Crippen molar-refractivity contribution in [3.63, 3.8) is 0 Å². The van der Waals surface area contributed by atoms with Gasteiger partial charge in [-0.15, -0.1) is 0 Å². The van der Waals surface area contributed by atoms with Gasteiger partial charge in [-0.2, -0.15) is 0 Å². The molecule has 194 valence electrons. The van der Waals surface area contributed by atoms with E-state index in [1.54, 1.807) is 13.0 Å². The van der Waals surface area contributed by atoms with Gasteiger partial charge in [0, 0.05) is 22.9 Å². The molecule has 38 heavy (non-hydrogen) atoms. The number of nitrogens with one attached hydrogen (secondary N) is 1. The normalized spacial score (nSPS) is 13.4. The number of fused-ring (bicyclic) bond motifs is 3. The first-order valence-corrected chi connectivity index (χ1v) is 12.8. The van der Waals surface area contributed by atoms with Crippen LogP contribution in [0.15, 0.2) is 82.0 Å².